The smallest absolute Gasteiger partial charge is 0.166 e. The Bertz CT molecular complexity index is 584. The fourth-order valence-corrected chi connectivity index (χ4v) is 2.25. The molecule has 0 aliphatic carbocycles. The van der Waals surface area contributed by atoms with E-state index in [0.29, 0.717) is 10.6 Å². The zero-order valence-corrected chi connectivity index (χ0v) is 11.7. The van der Waals surface area contributed by atoms with Gasteiger partial charge in [-0.05, 0) is 17.7 Å². The molecule has 2 N–H and O–H groups in total. The van der Waals surface area contributed by atoms with Crippen LogP contribution in [-0.4, -0.2) is 5.78 Å². The molecule has 0 saturated carbocycles. The standard InChI is InChI=1S/C15H13Cl2NO/c16-12-8-4-7-11(15(12)17)14(19)9-13(18)10-5-2-1-3-6-10/h1-8,13H,9,18H2. The second kappa shape index (κ2) is 6.20. The summed E-state index contributed by atoms with van der Waals surface area (Å²) in [6, 6.07) is 14.2. The highest BCUT2D eigenvalue weighted by Crippen LogP contribution is 2.27. The summed E-state index contributed by atoms with van der Waals surface area (Å²) in [5.74, 6) is -0.108. The van der Waals surface area contributed by atoms with Gasteiger partial charge < -0.3 is 5.73 Å². The van der Waals surface area contributed by atoms with E-state index in [9.17, 15) is 4.79 Å². The number of hydrogen-bond acceptors (Lipinski definition) is 2. The maximum atomic E-state index is 12.2. The Balaban J connectivity index is 2.16. The Morgan fingerprint density at radius 2 is 1.74 bits per heavy atom. The van der Waals surface area contributed by atoms with Crippen molar-refractivity contribution in [2.45, 2.75) is 12.5 Å². The first-order valence-corrected chi connectivity index (χ1v) is 6.63. The predicted octanol–water partition coefficient (Wildman–Crippen LogP) is 4.27. The van der Waals surface area contributed by atoms with Gasteiger partial charge in [-0.15, -0.1) is 0 Å². The molecule has 4 heteroatoms. The van der Waals surface area contributed by atoms with Crippen molar-refractivity contribution in [1.82, 2.24) is 0 Å². The lowest BCUT2D eigenvalue weighted by Crippen LogP contribution is -2.15. The molecule has 0 amide bonds. The van der Waals surface area contributed by atoms with E-state index >= 15 is 0 Å². The summed E-state index contributed by atoms with van der Waals surface area (Å²) in [6.07, 6.45) is 0.198. The van der Waals surface area contributed by atoms with Crippen molar-refractivity contribution in [2.24, 2.45) is 5.73 Å². The van der Waals surface area contributed by atoms with Gasteiger partial charge >= 0.3 is 0 Å². The van der Waals surface area contributed by atoms with Crippen LogP contribution in [0.1, 0.15) is 28.4 Å². The van der Waals surface area contributed by atoms with Crippen LogP contribution in [0.2, 0.25) is 10.0 Å². The van der Waals surface area contributed by atoms with Crippen LogP contribution in [0.4, 0.5) is 0 Å². The monoisotopic (exact) mass is 293 g/mol. The first-order valence-electron chi connectivity index (χ1n) is 5.87. The summed E-state index contributed by atoms with van der Waals surface area (Å²) in [5.41, 5.74) is 7.37. The fourth-order valence-electron chi connectivity index (χ4n) is 1.85. The fraction of sp³-hybridized carbons (Fsp3) is 0.133. The van der Waals surface area contributed by atoms with Gasteiger partial charge in [0.05, 0.1) is 10.0 Å². The van der Waals surface area contributed by atoms with Gasteiger partial charge in [-0.3, -0.25) is 4.79 Å². The van der Waals surface area contributed by atoms with Crippen molar-refractivity contribution in [2.75, 3.05) is 0 Å². The number of halogens is 2. The highest BCUT2D eigenvalue weighted by molar-refractivity contribution is 6.43. The van der Waals surface area contributed by atoms with Gasteiger partial charge in [-0.25, -0.2) is 0 Å². The summed E-state index contributed by atoms with van der Waals surface area (Å²) >= 11 is 11.9. The van der Waals surface area contributed by atoms with Crippen LogP contribution in [0.25, 0.3) is 0 Å². The highest BCUT2D eigenvalue weighted by Gasteiger charge is 2.16. The first kappa shape index (κ1) is 14.1. The van der Waals surface area contributed by atoms with Crippen LogP contribution < -0.4 is 5.73 Å². The summed E-state index contributed by atoms with van der Waals surface area (Å²) < 4.78 is 0. The summed E-state index contributed by atoms with van der Waals surface area (Å²) in [7, 11) is 0. The third-order valence-electron chi connectivity index (χ3n) is 2.89. The Kier molecular flexibility index (Phi) is 4.59. The molecule has 1 atom stereocenters. The second-order valence-corrected chi connectivity index (χ2v) is 5.03. The third kappa shape index (κ3) is 3.35. The Hall–Kier alpha value is -1.35. The van der Waals surface area contributed by atoms with Gasteiger partial charge in [-0.2, -0.15) is 0 Å². The molecule has 0 radical (unpaired) electrons. The van der Waals surface area contributed by atoms with E-state index in [1.807, 2.05) is 30.3 Å². The van der Waals surface area contributed by atoms with Crippen molar-refractivity contribution in [3.8, 4) is 0 Å². The first-order chi connectivity index (χ1) is 9.09. The Labute approximate surface area is 122 Å². The average molecular weight is 294 g/mol. The second-order valence-electron chi connectivity index (χ2n) is 4.25. The number of carbonyl (C=O) groups is 1. The van der Waals surface area contributed by atoms with Gasteiger partial charge in [0.15, 0.2) is 5.78 Å². The van der Waals surface area contributed by atoms with E-state index in [2.05, 4.69) is 0 Å². The van der Waals surface area contributed by atoms with Gasteiger partial charge in [0.2, 0.25) is 0 Å². The molecule has 1 unspecified atom stereocenters. The Morgan fingerprint density at radius 3 is 2.42 bits per heavy atom. The molecule has 19 heavy (non-hydrogen) atoms. The van der Waals surface area contributed by atoms with Crippen molar-refractivity contribution in [3.05, 3.63) is 69.7 Å². The molecule has 0 fully saturated rings. The molecule has 2 aromatic carbocycles. The lowest BCUT2D eigenvalue weighted by Gasteiger charge is -2.12. The minimum absolute atomic E-state index is 0.108. The van der Waals surface area contributed by atoms with Crippen LogP contribution in [0.3, 0.4) is 0 Å². The van der Waals surface area contributed by atoms with Crippen molar-refractivity contribution in [1.29, 1.82) is 0 Å². The molecule has 98 valence electrons. The zero-order chi connectivity index (χ0) is 13.8. The van der Waals surface area contributed by atoms with Gasteiger partial charge in [0, 0.05) is 18.0 Å². The molecule has 0 aliphatic heterocycles. The molecular formula is C15H13Cl2NO. The number of rotatable bonds is 4. The van der Waals surface area contributed by atoms with Crippen LogP contribution >= 0.6 is 23.2 Å². The minimum atomic E-state index is -0.344. The molecule has 0 aromatic heterocycles. The number of carbonyl (C=O) groups excluding carboxylic acids is 1. The topological polar surface area (TPSA) is 43.1 Å². The van der Waals surface area contributed by atoms with Gasteiger partial charge in [0.25, 0.3) is 0 Å². The van der Waals surface area contributed by atoms with Crippen molar-refractivity contribution < 1.29 is 4.79 Å². The Morgan fingerprint density at radius 1 is 1.05 bits per heavy atom. The largest absolute Gasteiger partial charge is 0.324 e. The lowest BCUT2D eigenvalue weighted by molar-refractivity contribution is 0.0974. The third-order valence-corrected chi connectivity index (χ3v) is 3.70. The van der Waals surface area contributed by atoms with E-state index < -0.39 is 0 Å². The molecule has 2 nitrogen and oxygen atoms in total. The van der Waals surface area contributed by atoms with E-state index in [-0.39, 0.29) is 23.3 Å². The van der Waals surface area contributed by atoms with E-state index in [4.69, 9.17) is 28.9 Å². The lowest BCUT2D eigenvalue weighted by atomic mass is 9.99. The number of Topliss-reactive ketones (excluding diaryl/α,β-unsaturated/α-hetero) is 1. The molecule has 0 heterocycles. The maximum Gasteiger partial charge on any atom is 0.166 e. The molecule has 0 bridgehead atoms. The molecule has 0 spiro atoms. The van der Waals surface area contributed by atoms with E-state index in [1.54, 1.807) is 18.2 Å². The van der Waals surface area contributed by atoms with Crippen LogP contribution in [-0.2, 0) is 0 Å². The average Bonchev–Trinajstić information content (AvgIpc) is 2.42. The normalized spacial score (nSPS) is 12.2. The van der Waals surface area contributed by atoms with E-state index in [1.165, 1.54) is 0 Å². The van der Waals surface area contributed by atoms with Gasteiger partial charge in [-0.1, -0.05) is 59.6 Å². The summed E-state index contributed by atoms with van der Waals surface area (Å²) in [6.45, 7) is 0. The number of nitrogens with two attached hydrogens (primary N) is 1. The van der Waals surface area contributed by atoms with Crippen molar-refractivity contribution in [3.63, 3.8) is 0 Å². The molecular weight excluding hydrogens is 281 g/mol. The maximum absolute atomic E-state index is 12.2. The molecule has 0 saturated heterocycles. The van der Waals surface area contributed by atoms with Gasteiger partial charge in [0.1, 0.15) is 0 Å². The van der Waals surface area contributed by atoms with Crippen LogP contribution in [0.15, 0.2) is 48.5 Å². The number of hydrogen-bond donors (Lipinski definition) is 1. The highest BCUT2D eigenvalue weighted by atomic mass is 35.5. The minimum Gasteiger partial charge on any atom is -0.324 e. The molecule has 0 aliphatic rings. The summed E-state index contributed by atoms with van der Waals surface area (Å²) in [4.78, 5) is 12.2. The van der Waals surface area contributed by atoms with Crippen LogP contribution in [0.5, 0.6) is 0 Å². The molecule has 2 aromatic rings. The van der Waals surface area contributed by atoms with Crippen molar-refractivity contribution >= 4 is 29.0 Å². The SMILES string of the molecule is NC(CC(=O)c1cccc(Cl)c1Cl)c1ccccc1. The summed E-state index contributed by atoms with van der Waals surface area (Å²) in [5, 5.41) is 0.662. The van der Waals surface area contributed by atoms with E-state index in [0.717, 1.165) is 5.56 Å². The number of ketones is 1. The van der Waals surface area contributed by atoms with Crippen LogP contribution in [0, 0.1) is 0 Å². The predicted molar refractivity (Wildman–Crippen MR) is 78.8 cm³/mol. The molecule has 2 rings (SSSR count). The zero-order valence-electron chi connectivity index (χ0n) is 10.1. The number of benzene rings is 2. The quantitative estimate of drug-likeness (QED) is 0.856.